The highest BCUT2D eigenvalue weighted by Gasteiger charge is 2.45. The van der Waals surface area contributed by atoms with Gasteiger partial charge in [0, 0.05) is 12.1 Å². The molecule has 1 aliphatic heterocycles. The van der Waals surface area contributed by atoms with Gasteiger partial charge in [0.2, 0.25) is 0 Å². The van der Waals surface area contributed by atoms with Gasteiger partial charge in [-0.15, -0.1) is 0 Å². The fraction of sp³-hybridized carbons (Fsp3) is 0.259. The zero-order valence-electron chi connectivity index (χ0n) is 19.1. The first-order valence-corrected chi connectivity index (χ1v) is 11.0. The summed E-state index contributed by atoms with van der Waals surface area (Å²) in [5, 5.41) is 13.3. The number of benzene rings is 3. The van der Waals surface area contributed by atoms with Gasteiger partial charge < -0.3 is 19.6 Å². The largest absolute Gasteiger partial charge is 0.507 e. The van der Waals surface area contributed by atoms with Gasteiger partial charge in [0.15, 0.2) is 0 Å². The van der Waals surface area contributed by atoms with Crippen LogP contribution < -0.4 is 4.74 Å². The fourth-order valence-corrected chi connectivity index (χ4v) is 4.29. The SMILES string of the molecule is COc1ccc(C2/C(=C(/O)c3ccc4ccccc4c3)C(=O)C(=O)N2CCCN(C)C)cc1. The number of carbonyl (C=O) groups is 2. The molecule has 6 nitrogen and oxygen atoms in total. The molecule has 4 rings (SSSR count). The number of aliphatic hydroxyl groups is 1. The van der Waals surface area contributed by atoms with Crippen LogP contribution in [0.15, 0.2) is 72.3 Å². The lowest BCUT2D eigenvalue weighted by Gasteiger charge is -2.26. The van der Waals surface area contributed by atoms with Gasteiger partial charge in [0.25, 0.3) is 11.7 Å². The molecular formula is C27H28N2O4. The van der Waals surface area contributed by atoms with Crippen molar-refractivity contribution in [2.45, 2.75) is 12.5 Å². The number of aliphatic hydroxyl groups excluding tert-OH is 1. The van der Waals surface area contributed by atoms with Crippen LogP contribution in [-0.2, 0) is 9.59 Å². The van der Waals surface area contributed by atoms with E-state index in [0.29, 0.717) is 24.3 Å². The van der Waals surface area contributed by atoms with E-state index in [1.165, 1.54) is 0 Å². The van der Waals surface area contributed by atoms with Crippen LogP contribution in [0, 0.1) is 0 Å². The maximum atomic E-state index is 13.2. The molecule has 1 amide bonds. The minimum Gasteiger partial charge on any atom is -0.507 e. The number of carbonyl (C=O) groups excluding carboxylic acids is 2. The molecule has 170 valence electrons. The van der Waals surface area contributed by atoms with Gasteiger partial charge in [-0.25, -0.2) is 0 Å². The van der Waals surface area contributed by atoms with Crippen molar-refractivity contribution in [2.75, 3.05) is 34.3 Å². The van der Waals surface area contributed by atoms with Crippen LogP contribution in [0.1, 0.15) is 23.6 Å². The third-order valence-corrected chi connectivity index (χ3v) is 6.00. The molecular weight excluding hydrogens is 416 g/mol. The van der Waals surface area contributed by atoms with Gasteiger partial charge >= 0.3 is 0 Å². The first-order valence-electron chi connectivity index (χ1n) is 11.0. The first-order chi connectivity index (χ1) is 15.9. The fourth-order valence-electron chi connectivity index (χ4n) is 4.29. The van der Waals surface area contributed by atoms with Crippen LogP contribution in [0.2, 0.25) is 0 Å². The van der Waals surface area contributed by atoms with Crippen LogP contribution >= 0.6 is 0 Å². The number of methoxy groups -OCH3 is 1. The van der Waals surface area contributed by atoms with E-state index >= 15 is 0 Å². The second-order valence-corrected chi connectivity index (χ2v) is 8.48. The molecule has 0 radical (unpaired) electrons. The summed E-state index contributed by atoms with van der Waals surface area (Å²) in [5.41, 5.74) is 1.38. The lowest BCUT2D eigenvalue weighted by Crippen LogP contribution is -2.32. The van der Waals surface area contributed by atoms with Crippen molar-refractivity contribution in [1.82, 2.24) is 9.80 Å². The molecule has 1 fully saturated rings. The minimum absolute atomic E-state index is 0.116. The van der Waals surface area contributed by atoms with E-state index in [0.717, 1.165) is 22.9 Å². The number of ether oxygens (including phenoxy) is 1. The number of hydrogen-bond acceptors (Lipinski definition) is 5. The van der Waals surface area contributed by atoms with E-state index in [4.69, 9.17) is 4.74 Å². The maximum absolute atomic E-state index is 13.2. The van der Waals surface area contributed by atoms with Crippen molar-refractivity contribution in [2.24, 2.45) is 0 Å². The number of likely N-dealkylation sites (tertiary alicyclic amines) is 1. The van der Waals surface area contributed by atoms with Crippen molar-refractivity contribution < 1.29 is 19.4 Å². The molecule has 3 aromatic carbocycles. The predicted octanol–water partition coefficient (Wildman–Crippen LogP) is 4.22. The zero-order chi connectivity index (χ0) is 23.5. The van der Waals surface area contributed by atoms with Gasteiger partial charge in [0.1, 0.15) is 11.5 Å². The number of amides is 1. The monoisotopic (exact) mass is 444 g/mol. The van der Waals surface area contributed by atoms with E-state index in [-0.39, 0.29) is 11.3 Å². The van der Waals surface area contributed by atoms with Crippen LogP contribution in [0.4, 0.5) is 0 Å². The lowest BCUT2D eigenvalue weighted by atomic mass is 9.94. The maximum Gasteiger partial charge on any atom is 0.295 e. The van der Waals surface area contributed by atoms with Gasteiger partial charge in [-0.3, -0.25) is 9.59 Å². The van der Waals surface area contributed by atoms with E-state index in [9.17, 15) is 14.7 Å². The van der Waals surface area contributed by atoms with Crippen molar-refractivity contribution in [3.63, 3.8) is 0 Å². The summed E-state index contributed by atoms with van der Waals surface area (Å²) < 4.78 is 5.26. The minimum atomic E-state index is -0.662. The Morgan fingerprint density at radius 1 is 1.00 bits per heavy atom. The average Bonchev–Trinajstić information content (AvgIpc) is 3.08. The molecule has 0 spiro atoms. The molecule has 1 heterocycles. The molecule has 0 saturated carbocycles. The Kier molecular flexibility index (Phi) is 6.47. The second kappa shape index (κ2) is 9.46. The average molecular weight is 445 g/mol. The molecule has 0 bridgehead atoms. The molecule has 1 aliphatic rings. The van der Waals surface area contributed by atoms with E-state index in [1.807, 2.05) is 67.5 Å². The van der Waals surface area contributed by atoms with Gasteiger partial charge in [0.05, 0.1) is 18.7 Å². The molecule has 3 aromatic rings. The Labute approximate surface area is 193 Å². The molecule has 1 atom stereocenters. The van der Waals surface area contributed by atoms with E-state index < -0.39 is 17.7 Å². The molecule has 1 unspecified atom stereocenters. The third kappa shape index (κ3) is 4.47. The Bertz CT molecular complexity index is 1210. The summed E-state index contributed by atoms with van der Waals surface area (Å²) >= 11 is 0. The summed E-state index contributed by atoms with van der Waals surface area (Å²) in [5.74, 6) is -0.726. The molecule has 33 heavy (non-hydrogen) atoms. The number of Topliss-reactive ketones (excluding diaryl/α,β-unsaturated/α-hetero) is 1. The van der Waals surface area contributed by atoms with Crippen molar-refractivity contribution >= 4 is 28.2 Å². The van der Waals surface area contributed by atoms with Crippen molar-refractivity contribution in [1.29, 1.82) is 0 Å². The molecule has 6 heteroatoms. The Morgan fingerprint density at radius 3 is 2.36 bits per heavy atom. The van der Waals surface area contributed by atoms with Crippen LogP contribution in [0.25, 0.3) is 16.5 Å². The van der Waals surface area contributed by atoms with Crippen LogP contribution in [-0.4, -0.2) is 60.9 Å². The Morgan fingerprint density at radius 2 is 1.70 bits per heavy atom. The number of hydrogen-bond donors (Lipinski definition) is 1. The number of nitrogens with zero attached hydrogens (tertiary/aromatic N) is 2. The summed E-state index contributed by atoms with van der Waals surface area (Å²) in [6, 6.07) is 19.9. The third-order valence-electron chi connectivity index (χ3n) is 6.00. The predicted molar refractivity (Wildman–Crippen MR) is 129 cm³/mol. The topological polar surface area (TPSA) is 70.1 Å². The highest BCUT2D eigenvalue weighted by Crippen LogP contribution is 2.40. The normalized spacial score (nSPS) is 17.8. The van der Waals surface area contributed by atoms with Crippen LogP contribution in [0.3, 0.4) is 0 Å². The molecule has 0 aromatic heterocycles. The van der Waals surface area contributed by atoms with Gasteiger partial charge in [-0.05, 0) is 61.6 Å². The van der Waals surface area contributed by atoms with Gasteiger partial charge in [-0.1, -0.05) is 48.5 Å². The summed E-state index contributed by atoms with van der Waals surface area (Å²) in [7, 11) is 5.52. The zero-order valence-corrected chi connectivity index (χ0v) is 19.1. The molecule has 1 saturated heterocycles. The van der Waals surface area contributed by atoms with E-state index in [1.54, 1.807) is 30.2 Å². The number of rotatable bonds is 7. The molecule has 0 aliphatic carbocycles. The smallest absolute Gasteiger partial charge is 0.295 e. The second-order valence-electron chi connectivity index (χ2n) is 8.48. The molecule has 1 N–H and O–H groups in total. The summed E-state index contributed by atoms with van der Waals surface area (Å²) in [6.07, 6.45) is 0.711. The summed E-state index contributed by atoms with van der Waals surface area (Å²) in [4.78, 5) is 29.8. The first kappa shape index (κ1) is 22.6. The lowest BCUT2D eigenvalue weighted by molar-refractivity contribution is -0.139. The number of ketones is 1. The van der Waals surface area contributed by atoms with E-state index in [2.05, 4.69) is 0 Å². The Hall–Kier alpha value is -3.64. The quantitative estimate of drug-likeness (QED) is 0.336. The van der Waals surface area contributed by atoms with Crippen molar-refractivity contribution in [3.05, 3.63) is 83.4 Å². The Balaban J connectivity index is 1.81. The standard InChI is InChI=1S/C27H28N2O4/c1-28(2)15-6-16-29-24(19-11-13-22(33-3)14-12-19)23(26(31)27(29)32)25(30)21-10-9-18-7-4-5-8-20(18)17-21/h4-5,7-14,17,24,30H,6,15-16H2,1-3H3/b25-23-. The highest BCUT2D eigenvalue weighted by atomic mass is 16.5. The summed E-state index contributed by atoms with van der Waals surface area (Å²) in [6.45, 7) is 1.19. The van der Waals surface area contributed by atoms with Crippen molar-refractivity contribution in [3.8, 4) is 5.75 Å². The highest BCUT2D eigenvalue weighted by molar-refractivity contribution is 6.46. The van der Waals surface area contributed by atoms with Crippen LogP contribution in [0.5, 0.6) is 5.75 Å². The number of fused-ring (bicyclic) bond motifs is 1. The van der Waals surface area contributed by atoms with Gasteiger partial charge in [-0.2, -0.15) is 0 Å².